The van der Waals surface area contributed by atoms with Gasteiger partial charge in [-0.25, -0.2) is 0 Å². The number of nitrogens with zero attached hydrogens (tertiary/aromatic N) is 2. The third-order valence-corrected chi connectivity index (χ3v) is 3.42. The van der Waals surface area contributed by atoms with Crippen molar-refractivity contribution in [3.05, 3.63) is 12.7 Å². The van der Waals surface area contributed by atoms with Crippen LogP contribution in [0.3, 0.4) is 0 Å². The molecule has 0 aromatic rings. The molecule has 0 aliphatic carbocycles. The highest BCUT2D eigenvalue weighted by Gasteiger charge is 2.05. The molecule has 0 aromatic carbocycles. The molecule has 1 unspecified atom stereocenters. The molecular formula is C16H32N2. The van der Waals surface area contributed by atoms with E-state index in [4.69, 9.17) is 0 Å². The van der Waals surface area contributed by atoms with Gasteiger partial charge in [0.2, 0.25) is 0 Å². The second-order valence-electron chi connectivity index (χ2n) is 5.10. The first-order chi connectivity index (χ1) is 8.74. The fraction of sp³-hybridized carbons (Fsp3) is 0.812. The lowest BCUT2D eigenvalue weighted by molar-refractivity contribution is 0.324. The molecule has 0 fully saturated rings. The van der Waals surface area contributed by atoms with Gasteiger partial charge >= 0.3 is 0 Å². The molecule has 0 aliphatic heterocycles. The molecule has 0 saturated carbocycles. The van der Waals surface area contributed by atoms with Crippen molar-refractivity contribution in [2.24, 2.45) is 10.9 Å². The van der Waals surface area contributed by atoms with Gasteiger partial charge < -0.3 is 4.90 Å². The highest BCUT2D eigenvalue weighted by Crippen LogP contribution is 2.16. The van der Waals surface area contributed by atoms with Crippen LogP contribution in [-0.2, 0) is 0 Å². The van der Waals surface area contributed by atoms with Crippen LogP contribution in [0.15, 0.2) is 17.6 Å². The van der Waals surface area contributed by atoms with Gasteiger partial charge in [0, 0.05) is 6.54 Å². The summed E-state index contributed by atoms with van der Waals surface area (Å²) in [7, 11) is 2.19. The highest BCUT2D eigenvalue weighted by atomic mass is 15.1. The second-order valence-corrected chi connectivity index (χ2v) is 5.10. The summed E-state index contributed by atoms with van der Waals surface area (Å²) in [6.07, 6.45) is 11.9. The zero-order chi connectivity index (χ0) is 13.6. The van der Waals surface area contributed by atoms with Gasteiger partial charge in [-0.1, -0.05) is 32.3 Å². The Morgan fingerprint density at radius 3 is 2.50 bits per heavy atom. The maximum Gasteiger partial charge on any atom is 0.0512 e. The number of hydrogen-bond acceptors (Lipinski definition) is 2. The summed E-state index contributed by atoms with van der Waals surface area (Å²) >= 11 is 0. The van der Waals surface area contributed by atoms with E-state index in [0.717, 1.165) is 19.0 Å². The first kappa shape index (κ1) is 17.4. The molecule has 106 valence electrons. The minimum Gasteiger partial charge on any atom is -0.305 e. The van der Waals surface area contributed by atoms with E-state index < -0.39 is 0 Å². The largest absolute Gasteiger partial charge is 0.305 e. The minimum absolute atomic E-state index is 0.721. The van der Waals surface area contributed by atoms with Crippen molar-refractivity contribution in [2.45, 2.75) is 52.4 Å². The van der Waals surface area contributed by atoms with Crippen LogP contribution in [-0.4, -0.2) is 37.8 Å². The predicted molar refractivity (Wildman–Crippen MR) is 83.6 cm³/mol. The minimum atomic E-state index is 0.721. The molecule has 2 nitrogen and oxygen atoms in total. The van der Waals surface area contributed by atoms with Crippen LogP contribution in [0.4, 0.5) is 0 Å². The first-order valence-electron chi connectivity index (χ1n) is 7.50. The van der Waals surface area contributed by atoms with Crippen molar-refractivity contribution >= 4 is 6.21 Å². The Bertz CT molecular complexity index is 211. The SMILES string of the molecule is C=CC(CCCCC)CCCN(C)CCN=CC. The van der Waals surface area contributed by atoms with Crippen LogP contribution < -0.4 is 0 Å². The lowest BCUT2D eigenvalue weighted by Crippen LogP contribution is -2.23. The molecule has 2 heteroatoms. The van der Waals surface area contributed by atoms with Gasteiger partial charge in [0.25, 0.3) is 0 Å². The standard InChI is InChI=1S/C16H32N2/c1-5-8-9-11-16(6-2)12-10-14-18(4)15-13-17-7-3/h6-7,16H,2,5,8-15H2,1,3-4H3. The van der Waals surface area contributed by atoms with E-state index in [1.54, 1.807) is 0 Å². The molecule has 0 bridgehead atoms. The van der Waals surface area contributed by atoms with Crippen LogP contribution in [0.1, 0.15) is 52.4 Å². The Hall–Kier alpha value is -0.630. The van der Waals surface area contributed by atoms with E-state index in [1.165, 1.54) is 45.1 Å². The Labute approximate surface area is 114 Å². The maximum atomic E-state index is 4.24. The Balaban J connectivity index is 3.56. The highest BCUT2D eigenvalue weighted by molar-refractivity contribution is 5.53. The van der Waals surface area contributed by atoms with Gasteiger partial charge in [0.1, 0.15) is 0 Å². The van der Waals surface area contributed by atoms with Gasteiger partial charge in [-0.3, -0.25) is 4.99 Å². The van der Waals surface area contributed by atoms with Crippen LogP contribution in [0, 0.1) is 5.92 Å². The number of likely N-dealkylation sites (N-methyl/N-ethyl adjacent to an activating group) is 1. The quantitative estimate of drug-likeness (QED) is 0.289. The van der Waals surface area contributed by atoms with Crippen molar-refractivity contribution < 1.29 is 0 Å². The summed E-state index contributed by atoms with van der Waals surface area (Å²) in [6, 6.07) is 0. The summed E-state index contributed by atoms with van der Waals surface area (Å²) in [6.45, 7) is 11.4. The van der Waals surface area contributed by atoms with Gasteiger partial charge in [-0.05, 0) is 51.9 Å². The maximum absolute atomic E-state index is 4.24. The normalized spacial score (nSPS) is 13.3. The Morgan fingerprint density at radius 2 is 1.89 bits per heavy atom. The van der Waals surface area contributed by atoms with Crippen molar-refractivity contribution in [2.75, 3.05) is 26.7 Å². The topological polar surface area (TPSA) is 15.6 Å². The molecular weight excluding hydrogens is 220 g/mol. The number of allylic oxidation sites excluding steroid dienone is 1. The van der Waals surface area contributed by atoms with Crippen LogP contribution in [0.25, 0.3) is 0 Å². The summed E-state index contributed by atoms with van der Waals surface area (Å²) in [4.78, 5) is 6.61. The fourth-order valence-corrected chi connectivity index (χ4v) is 2.13. The van der Waals surface area contributed by atoms with Gasteiger partial charge in [-0.2, -0.15) is 0 Å². The molecule has 0 saturated heterocycles. The number of aliphatic imine (C=N–C) groups is 1. The average Bonchev–Trinajstić information content (AvgIpc) is 2.37. The number of hydrogen-bond donors (Lipinski definition) is 0. The van der Waals surface area contributed by atoms with E-state index in [0.29, 0.717) is 0 Å². The molecule has 0 aromatic heterocycles. The molecule has 0 radical (unpaired) electrons. The lowest BCUT2D eigenvalue weighted by atomic mass is 9.96. The zero-order valence-electron chi connectivity index (χ0n) is 12.7. The molecule has 18 heavy (non-hydrogen) atoms. The smallest absolute Gasteiger partial charge is 0.0512 e. The molecule has 0 amide bonds. The average molecular weight is 252 g/mol. The summed E-state index contributed by atoms with van der Waals surface area (Å²) in [5, 5.41) is 0. The van der Waals surface area contributed by atoms with Crippen LogP contribution in [0.2, 0.25) is 0 Å². The zero-order valence-corrected chi connectivity index (χ0v) is 12.7. The summed E-state index contributed by atoms with van der Waals surface area (Å²) in [5.41, 5.74) is 0. The van der Waals surface area contributed by atoms with Gasteiger partial charge in [0.05, 0.1) is 6.54 Å². The monoisotopic (exact) mass is 252 g/mol. The predicted octanol–water partition coefficient (Wildman–Crippen LogP) is 4.17. The Kier molecular flexibility index (Phi) is 12.4. The van der Waals surface area contributed by atoms with E-state index in [9.17, 15) is 0 Å². The van der Waals surface area contributed by atoms with Crippen LogP contribution in [0.5, 0.6) is 0 Å². The van der Waals surface area contributed by atoms with Crippen molar-refractivity contribution in [1.29, 1.82) is 0 Å². The van der Waals surface area contributed by atoms with Gasteiger partial charge in [0.15, 0.2) is 0 Å². The molecule has 0 N–H and O–H groups in total. The molecule has 0 heterocycles. The summed E-state index contributed by atoms with van der Waals surface area (Å²) < 4.78 is 0. The second kappa shape index (κ2) is 12.8. The lowest BCUT2D eigenvalue weighted by Gasteiger charge is -2.17. The van der Waals surface area contributed by atoms with Gasteiger partial charge in [-0.15, -0.1) is 6.58 Å². The number of rotatable bonds is 12. The van der Waals surface area contributed by atoms with E-state index >= 15 is 0 Å². The number of unbranched alkanes of at least 4 members (excludes halogenated alkanes) is 2. The summed E-state index contributed by atoms with van der Waals surface area (Å²) in [5.74, 6) is 0.721. The molecule has 1 atom stereocenters. The third kappa shape index (κ3) is 10.5. The van der Waals surface area contributed by atoms with E-state index in [2.05, 4.69) is 36.5 Å². The van der Waals surface area contributed by atoms with Crippen molar-refractivity contribution in [1.82, 2.24) is 4.90 Å². The van der Waals surface area contributed by atoms with Crippen molar-refractivity contribution in [3.8, 4) is 0 Å². The Morgan fingerprint density at radius 1 is 1.17 bits per heavy atom. The van der Waals surface area contributed by atoms with Crippen molar-refractivity contribution in [3.63, 3.8) is 0 Å². The fourth-order valence-electron chi connectivity index (χ4n) is 2.13. The van der Waals surface area contributed by atoms with E-state index in [-0.39, 0.29) is 0 Å². The molecule has 0 rings (SSSR count). The third-order valence-electron chi connectivity index (χ3n) is 3.42. The van der Waals surface area contributed by atoms with E-state index in [1.807, 2.05) is 13.1 Å². The molecule has 0 aliphatic rings. The van der Waals surface area contributed by atoms with Crippen LogP contribution >= 0.6 is 0 Å². The first-order valence-corrected chi connectivity index (χ1v) is 7.50. The molecule has 0 spiro atoms.